The maximum Gasteiger partial charge on any atom is 0.0512 e. The summed E-state index contributed by atoms with van der Waals surface area (Å²) in [6.07, 6.45) is 3.02. The van der Waals surface area contributed by atoms with Crippen molar-refractivity contribution >= 4 is 0 Å². The van der Waals surface area contributed by atoms with Crippen LogP contribution in [0, 0.1) is 0 Å². The summed E-state index contributed by atoms with van der Waals surface area (Å²) in [5.41, 5.74) is 2.88. The highest BCUT2D eigenvalue weighted by Crippen LogP contribution is 2.11. The molecule has 0 rings (SSSR count). The molecule has 66 valence electrons. The van der Waals surface area contributed by atoms with Gasteiger partial charge in [-0.25, -0.2) is 0 Å². The van der Waals surface area contributed by atoms with Crippen LogP contribution in [0.15, 0.2) is 11.1 Å². The third kappa shape index (κ3) is 6.11. The van der Waals surface area contributed by atoms with E-state index in [0.29, 0.717) is 0 Å². The lowest BCUT2D eigenvalue weighted by molar-refractivity contribution is 0.181. The Morgan fingerprint density at radius 1 is 1.27 bits per heavy atom. The van der Waals surface area contributed by atoms with Gasteiger partial charge in [-0.05, 0) is 47.0 Å². The average molecular weight is 156 g/mol. The highest BCUT2D eigenvalue weighted by Gasteiger charge is 1.96. The molecule has 0 amide bonds. The van der Waals surface area contributed by atoms with Crippen molar-refractivity contribution < 1.29 is 5.11 Å². The molecule has 1 heteroatoms. The molecule has 0 aromatic rings. The van der Waals surface area contributed by atoms with Crippen LogP contribution in [0.5, 0.6) is 0 Å². The first-order valence-corrected chi connectivity index (χ1v) is 4.35. The van der Waals surface area contributed by atoms with Crippen LogP contribution in [0.4, 0.5) is 0 Å². The van der Waals surface area contributed by atoms with Gasteiger partial charge in [0.05, 0.1) is 6.10 Å². The van der Waals surface area contributed by atoms with Gasteiger partial charge in [0.2, 0.25) is 0 Å². The summed E-state index contributed by atoms with van der Waals surface area (Å²) >= 11 is 0. The van der Waals surface area contributed by atoms with E-state index in [9.17, 15) is 0 Å². The fourth-order valence-corrected chi connectivity index (χ4v) is 0.913. The Kier molecular flexibility index (Phi) is 5.22. The number of rotatable bonds is 4. The average Bonchev–Trinajstić information content (AvgIpc) is 1.86. The number of hydrogen-bond donors (Lipinski definition) is 1. The van der Waals surface area contributed by atoms with Gasteiger partial charge in [-0.15, -0.1) is 0 Å². The molecule has 0 aliphatic rings. The van der Waals surface area contributed by atoms with Gasteiger partial charge < -0.3 is 5.11 Å². The highest BCUT2D eigenvalue weighted by atomic mass is 16.3. The predicted molar refractivity (Wildman–Crippen MR) is 49.6 cm³/mol. The van der Waals surface area contributed by atoms with Crippen LogP contribution >= 0.6 is 0 Å². The minimum absolute atomic E-state index is 0.139. The summed E-state index contributed by atoms with van der Waals surface area (Å²) in [4.78, 5) is 0. The first-order valence-electron chi connectivity index (χ1n) is 4.35. The fourth-order valence-electron chi connectivity index (χ4n) is 0.913. The smallest absolute Gasteiger partial charge is 0.0512 e. The molecule has 0 aliphatic heterocycles. The minimum atomic E-state index is -0.139. The summed E-state index contributed by atoms with van der Waals surface area (Å²) in [6.45, 7) is 8.28. The normalized spacial score (nSPS) is 12.8. The topological polar surface area (TPSA) is 20.2 Å². The summed E-state index contributed by atoms with van der Waals surface area (Å²) in [5.74, 6) is 0. The number of hydrogen-bond acceptors (Lipinski definition) is 1. The third-order valence-electron chi connectivity index (χ3n) is 2.03. The molecule has 0 radical (unpaired) electrons. The van der Waals surface area contributed by atoms with Gasteiger partial charge in [-0.3, -0.25) is 0 Å². The minimum Gasteiger partial charge on any atom is -0.393 e. The summed E-state index contributed by atoms with van der Waals surface area (Å²) in [5, 5.41) is 8.99. The Balaban J connectivity index is 3.48. The fraction of sp³-hybridized carbons (Fsp3) is 0.800. The third-order valence-corrected chi connectivity index (χ3v) is 2.03. The Morgan fingerprint density at radius 3 is 2.18 bits per heavy atom. The number of aliphatic hydroxyl groups is 1. The van der Waals surface area contributed by atoms with Crippen molar-refractivity contribution in [2.24, 2.45) is 0 Å². The lowest BCUT2D eigenvalue weighted by atomic mass is 10.0. The van der Waals surface area contributed by atoms with Gasteiger partial charge in [0, 0.05) is 0 Å². The SMILES string of the molecule is CC(C)=C(C)CCCC(C)O. The van der Waals surface area contributed by atoms with Gasteiger partial charge in [0.15, 0.2) is 0 Å². The van der Waals surface area contributed by atoms with E-state index in [4.69, 9.17) is 5.11 Å². The molecule has 1 N–H and O–H groups in total. The number of aliphatic hydroxyl groups excluding tert-OH is 1. The first-order chi connectivity index (χ1) is 5.04. The maximum atomic E-state index is 8.99. The van der Waals surface area contributed by atoms with Crippen LogP contribution in [0.3, 0.4) is 0 Å². The number of allylic oxidation sites excluding steroid dienone is 2. The lowest BCUT2D eigenvalue weighted by Gasteiger charge is -2.05. The molecular formula is C10H20O. The van der Waals surface area contributed by atoms with E-state index in [1.807, 2.05) is 6.92 Å². The van der Waals surface area contributed by atoms with Crippen LogP contribution in [0.1, 0.15) is 47.0 Å². The molecule has 0 saturated carbocycles. The Morgan fingerprint density at radius 2 is 1.82 bits per heavy atom. The van der Waals surface area contributed by atoms with Crippen molar-refractivity contribution in [1.82, 2.24) is 0 Å². The molecule has 1 nitrogen and oxygen atoms in total. The van der Waals surface area contributed by atoms with Crippen LogP contribution in [-0.2, 0) is 0 Å². The summed E-state index contributed by atoms with van der Waals surface area (Å²) in [6, 6.07) is 0. The molecule has 0 heterocycles. The predicted octanol–water partition coefficient (Wildman–Crippen LogP) is 2.89. The van der Waals surface area contributed by atoms with Crippen molar-refractivity contribution in [3.63, 3.8) is 0 Å². The molecule has 0 spiro atoms. The van der Waals surface area contributed by atoms with E-state index >= 15 is 0 Å². The van der Waals surface area contributed by atoms with E-state index in [-0.39, 0.29) is 6.10 Å². The summed E-state index contributed by atoms with van der Waals surface area (Å²) < 4.78 is 0. The van der Waals surface area contributed by atoms with E-state index in [0.717, 1.165) is 19.3 Å². The Labute approximate surface area is 70.1 Å². The standard InChI is InChI=1S/C10H20O/c1-8(2)9(3)6-5-7-10(4)11/h10-11H,5-7H2,1-4H3. The monoisotopic (exact) mass is 156 g/mol. The molecule has 11 heavy (non-hydrogen) atoms. The molecular weight excluding hydrogens is 136 g/mol. The second kappa shape index (κ2) is 5.36. The van der Waals surface area contributed by atoms with Crippen molar-refractivity contribution in [2.45, 2.75) is 53.1 Å². The van der Waals surface area contributed by atoms with Gasteiger partial charge in [-0.2, -0.15) is 0 Å². The lowest BCUT2D eigenvalue weighted by Crippen LogP contribution is -1.98. The van der Waals surface area contributed by atoms with Crippen molar-refractivity contribution in [1.29, 1.82) is 0 Å². The molecule has 0 aliphatic carbocycles. The van der Waals surface area contributed by atoms with Crippen LogP contribution in [0.2, 0.25) is 0 Å². The second-order valence-corrected chi connectivity index (χ2v) is 3.52. The molecule has 1 unspecified atom stereocenters. The molecule has 0 aromatic heterocycles. The highest BCUT2D eigenvalue weighted by molar-refractivity contribution is 5.06. The molecule has 0 aromatic carbocycles. The maximum absolute atomic E-state index is 8.99. The molecule has 0 bridgehead atoms. The van der Waals surface area contributed by atoms with Crippen LogP contribution in [0.25, 0.3) is 0 Å². The Bertz CT molecular complexity index is 130. The van der Waals surface area contributed by atoms with E-state index in [1.165, 1.54) is 11.1 Å². The molecule has 0 saturated heterocycles. The van der Waals surface area contributed by atoms with Gasteiger partial charge in [0.25, 0.3) is 0 Å². The van der Waals surface area contributed by atoms with Crippen molar-refractivity contribution in [2.75, 3.05) is 0 Å². The van der Waals surface area contributed by atoms with Gasteiger partial charge >= 0.3 is 0 Å². The zero-order chi connectivity index (χ0) is 8.85. The zero-order valence-corrected chi connectivity index (χ0v) is 8.15. The van der Waals surface area contributed by atoms with Gasteiger partial charge in [0.1, 0.15) is 0 Å². The quantitative estimate of drug-likeness (QED) is 0.620. The second-order valence-electron chi connectivity index (χ2n) is 3.52. The van der Waals surface area contributed by atoms with Crippen LogP contribution < -0.4 is 0 Å². The van der Waals surface area contributed by atoms with E-state index < -0.39 is 0 Å². The largest absolute Gasteiger partial charge is 0.393 e. The van der Waals surface area contributed by atoms with Crippen LogP contribution in [-0.4, -0.2) is 11.2 Å². The van der Waals surface area contributed by atoms with Crippen molar-refractivity contribution in [3.05, 3.63) is 11.1 Å². The van der Waals surface area contributed by atoms with Gasteiger partial charge in [-0.1, -0.05) is 11.1 Å². The van der Waals surface area contributed by atoms with Crippen molar-refractivity contribution in [3.8, 4) is 0 Å². The Hall–Kier alpha value is -0.300. The van der Waals surface area contributed by atoms with E-state index in [2.05, 4.69) is 20.8 Å². The first kappa shape index (κ1) is 10.7. The van der Waals surface area contributed by atoms with E-state index in [1.54, 1.807) is 0 Å². The molecule has 1 atom stereocenters. The summed E-state index contributed by atoms with van der Waals surface area (Å²) in [7, 11) is 0. The molecule has 0 fully saturated rings. The zero-order valence-electron chi connectivity index (χ0n) is 8.15.